The molecule has 0 spiro atoms. The zero-order valence-electron chi connectivity index (χ0n) is 15.4. The number of amides is 1. The molecule has 1 aromatic carbocycles. The van der Waals surface area contributed by atoms with E-state index in [1.807, 2.05) is 12.1 Å². The molecule has 2 aromatic rings. The Labute approximate surface area is 159 Å². The van der Waals surface area contributed by atoms with E-state index in [1.165, 1.54) is 25.0 Å². The molecule has 0 atom stereocenters. The summed E-state index contributed by atoms with van der Waals surface area (Å²) in [5.41, 5.74) is 1.57. The fourth-order valence-corrected chi connectivity index (χ4v) is 4.03. The summed E-state index contributed by atoms with van der Waals surface area (Å²) in [4.78, 5) is 14.6. The van der Waals surface area contributed by atoms with E-state index in [2.05, 4.69) is 20.4 Å². The summed E-state index contributed by atoms with van der Waals surface area (Å²) in [5, 5.41) is 11.8. The van der Waals surface area contributed by atoms with E-state index < -0.39 is 0 Å². The standard InChI is InChI=1S/C21H25FN4O/c22-17-7-5-15(6-8-17)19-9-10-20(25-24-19)26-13-11-16(12-14-26)21(27)23-18-3-1-2-4-18/h5-10,16,18H,1-4,11-14H2,(H,23,27). The molecule has 1 aromatic heterocycles. The number of nitrogens with zero attached hydrogens (tertiary/aromatic N) is 3. The minimum absolute atomic E-state index is 0.105. The van der Waals surface area contributed by atoms with E-state index >= 15 is 0 Å². The highest BCUT2D eigenvalue weighted by molar-refractivity contribution is 5.79. The van der Waals surface area contributed by atoms with Crippen molar-refractivity contribution in [1.29, 1.82) is 0 Å². The number of aromatic nitrogens is 2. The van der Waals surface area contributed by atoms with Crippen LogP contribution in [0.3, 0.4) is 0 Å². The van der Waals surface area contributed by atoms with Gasteiger partial charge in [0.25, 0.3) is 0 Å². The maximum atomic E-state index is 13.0. The molecule has 1 aliphatic heterocycles. The Morgan fingerprint density at radius 2 is 1.67 bits per heavy atom. The van der Waals surface area contributed by atoms with Crippen LogP contribution >= 0.6 is 0 Å². The Balaban J connectivity index is 1.32. The zero-order chi connectivity index (χ0) is 18.6. The SMILES string of the molecule is O=C(NC1CCCC1)C1CCN(c2ccc(-c3ccc(F)cc3)nn2)CC1. The van der Waals surface area contributed by atoms with Crippen molar-refractivity contribution in [3.63, 3.8) is 0 Å². The summed E-state index contributed by atoms with van der Waals surface area (Å²) in [6.07, 6.45) is 6.41. The lowest BCUT2D eigenvalue weighted by molar-refractivity contribution is -0.126. The number of nitrogens with one attached hydrogen (secondary N) is 1. The second kappa shape index (κ2) is 8.03. The number of rotatable bonds is 4. The first-order valence-electron chi connectivity index (χ1n) is 9.84. The molecule has 0 bridgehead atoms. The van der Waals surface area contributed by atoms with Gasteiger partial charge in [-0.3, -0.25) is 4.79 Å². The van der Waals surface area contributed by atoms with Gasteiger partial charge in [0.2, 0.25) is 5.91 Å². The summed E-state index contributed by atoms with van der Waals surface area (Å²) in [5.74, 6) is 0.895. The monoisotopic (exact) mass is 368 g/mol. The molecular formula is C21H25FN4O. The molecule has 2 fully saturated rings. The highest BCUT2D eigenvalue weighted by atomic mass is 19.1. The highest BCUT2D eigenvalue weighted by Gasteiger charge is 2.28. The number of piperidine rings is 1. The third kappa shape index (κ3) is 4.26. The Hall–Kier alpha value is -2.50. The van der Waals surface area contributed by atoms with Gasteiger partial charge in [0.1, 0.15) is 5.82 Å². The van der Waals surface area contributed by atoms with Crippen LogP contribution in [0.1, 0.15) is 38.5 Å². The molecule has 0 radical (unpaired) electrons. The predicted molar refractivity (Wildman–Crippen MR) is 103 cm³/mol. The molecule has 27 heavy (non-hydrogen) atoms. The Morgan fingerprint density at radius 3 is 2.30 bits per heavy atom. The van der Waals surface area contributed by atoms with Crippen molar-refractivity contribution < 1.29 is 9.18 Å². The third-order valence-electron chi connectivity index (χ3n) is 5.68. The lowest BCUT2D eigenvalue weighted by Gasteiger charge is -2.32. The van der Waals surface area contributed by atoms with Crippen LogP contribution in [0.2, 0.25) is 0 Å². The first kappa shape index (κ1) is 17.9. The van der Waals surface area contributed by atoms with Gasteiger partial charge in [-0.15, -0.1) is 10.2 Å². The molecule has 1 aliphatic carbocycles. The van der Waals surface area contributed by atoms with Crippen molar-refractivity contribution >= 4 is 11.7 Å². The molecule has 142 valence electrons. The summed E-state index contributed by atoms with van der Waals surface area (Å²) in [7, 11) is 0. The maximum absolute atomic E-state index is 13.0. The van der Waals surface area contributed by atoms with Gasteiger partial charge in [-0.1, -0.05) is 12.8 Å². The molecular weight excluding hydrogens is 343 g/mol. The van der Waals surface area contributed by atoms with Crippen molar-refractivity contribution in [2.45, 2.75) is 44.6 Å². The number of benzene rings is 1. The van der Waals surface area contributed by atoms with Gasteiger partial charge >= 0.3 is 0 Å². The van der Waals surface area contributed by atoms with Crippen LogP contribution in [0, 0.1) is 11.7 Å². The quantitative estimate of drug-likeness (QED) is 0.897. The van der Waals surface area contributed by atoms with Gasteiger partial charge in [-0.25, -0.2) is 4.39 Å². The highest BCUT2D eigenvalue weighted by Crippen LogP contribution is 2.25. The lowest BCUT2D eigenvalue weighted by atomic mass is 9.95. The van der Waals surface area contributed by atoms with Gasteiger partial charge in [0.15, 0.2) is 5.82 Å². The summed E-state index contributed by atoms with van der Waals surface area (Å²) in [6, 6.07) is 10.5. The smallest absolute Gasteiger partial charge is 0.223 e. The van der Waals surface area contributed by atoms with E-state index in [0.717, 1.165) is 55.8 Å². The average molecular weight is 368 g/mol. The maximum Gasteiger partial charge on any atom is 0.223 e. The van der Waals surface area contributed by atoms with Crippen LogP contribution in [-0.2, 0) is 4.79 Å². The number of carbonyl (C=O) groups is 1. The Kier molecular flexibility index (Phi) is 5.32. The van der Waals surface area contributed by atoms with Crippen LogP contribution < -0.4 is 10.2 Å². The Morgan fingerprint density at radius 1 is 0.963 bits per heavy atom. The number of hydrogen-bond acceptors (Lipinski definition) is 4. The predicted octanol–water partition coefficient (Wildman–Crippen LogP) is 3.56. The van der Waals surface area contributed by atoms with Crippen molar-refractivity contribution in [2.75, 3.05) is 18.0 Å². The lowest BCUT2D eigenvalue weighted by Crippen LogP contribution is -2.43. The van der Waals surface area contributed by atoms with Crippen molar-refractivity contribution in [2.24, 2.45) is 5.92 Å². The fraction of sp³-hybridized carbons (Fsp3) is 0.476. The van der Waals surface area contributed by atoms with Gasteiger partial charge < -0.3 is 10.2 Å². The largest absolute Gasteiger partial charge is 0.355 e. The molecule has 2 aliphatic rings. The van der Waals surface area contributed by atoms with Gasteiger partial charge in [-0.2, -0.15) is 0 Å². The van der Waals surface area contributed by atoms with Crippen molar-refractivity contribution in [3.8, 4) is 11.3 Å². The first-order chi connectivity index (χ1) is 13.2. The fourth-order valence-electron chi connectivity index (χ4n) is 4.03. The molecule has 0 unspecified atom stereocenters. The first-order valence-corrected chi connectivity index (χ1v) is 9.84. The van der Waals surface area contributed by atoms with Gasteiger partial charge in [-0.05, 0) is 62.1 Å². The molecule has 4 rings (SSSR count). The Bertz CT molecular complexity index is 764. The van der Waals surface area contributed by atoms with Crippen LogP contribution in [-0.4, -0.2) is 35.2 Å². The van der Waals surface area contributed by atoms with E-state index in [-0.39, 0.29) is 17.6 Å². The van der Waals surface area contributed by atoms with Gasteiger partial charge in [0, 0.05) is 30.6 Å². The minimum Gasteiger partial charge on any atom is -0.355 e. The number of halogens is 1. The normalized spacial score (nSPS) is 18.6. The van der Waals surface area contributed by atoms with Crippen LogP contribution in [0.4, 0.5) is 10.2 Å². The third-order valence-corrected chi connectivity index (χ3v) is 5.68. The van der Waals surface area contributed by atoms with Crippen LogP contribution in [0.25, 0.3) is 11.3 Å². The van der Waals surface area contributed by atoms with E-state index in [1.54, 1.807) is 12.1 Å². The van der Waals surface area contributed by atoms with Gasteiger partial charge in [0.05, 0.1) is 5.69 Å². The minimum atomic E-state index is -0.261. The topological polar surface area (TPSA) is 58.1 Å². The molecule has 2 heterocycles. The number of anilines is 1. The number of carbonyl (C=O) groups excluding carboxylic acids is 1. The summed E-state index contributed by atoms with van der Waals surface area (Å²) >= 11 is 0. The van der Waals surface area contributed by atoms with Crippen LogP contribution in [0.5, 0.6) is 0 Å². The zero-order valence-corrected chi connectivity index (χ0v) is 15.4. The number of hydrogen-bond donors (Lipinski definition) is 1. The van der Waals surface area contributed by atoms with E-state index in [4.69, 9.17) is 0 Å². The molecule has 1 saturated heterocycles. The summed E-state index contributed by atoms with van der Waals surface area (Å²) < 4.78 is 13.0. The second-order valence-electron chi connectivity index (χ2n) is 7.53. The molecule has 1 N–H and O–H groups in total. The molecule has 6 heteroatoms. The van der Waals surface area contributed by atoms with Crippen molar-refractivity contribution in [1.82, 2.24) is 15.5 Å². The molecule has 5 nitrogen and oxygen atoms in total. The van der Waals surface area contributed by atoms with Crippen LogP contribution in [0.15, 0.2) is 36.4 Å². The van der Waals surface area contributed by atoms with Crippen molar-refractivity contribution in [3.05, 3.63) is 42.2 Å². The summed E-state index contributed by atoms with van der Waals surface area (Å²) in [6.45, 7) is 1.63. The van der Waals surface area contributed by atoms with E-state index in [0.29, 0.717) is 6.04 Å². The molecule has 1 amide bonds. The van der Waals surface area contributed by atoms with E-state index in [9.17, 15) is 9.18 Å². The average Bonchev–Trinajstić information content (AvgIpc) is 3.22. The molecule has 1 saturated carbocycles. The second-order valence-corrected chi connectivity index (χ2v) is 7.53.